The Labute approximate surface area is 208 Å². The molecular weight excluding hydrogens is 492 g/mol. The van der Waals surface area contributed by atoms with Gasteiger partial charge in [-0.25, -0.2) is 24.0 Å². The number of nitrogens with zero attached hydrogens (tertiary/aromatic N) is 5. The molecular formula is C24H18ClF2N7O2. The highest BCUT2D eigenvalue weighted by atomic mass is 35.5. The Morgan fingerprint density at radius 3 is 2.53 bits per heavy atom. The van der Waals surface area contributed by atoms with Gasteiger partial charge in [0.1, 0.15) is 12.2 Å². The van der Waals surface area contributed by atoms with Crippen LogP contribution in [0.2, 0.25) is 5.02 Å². The zero-order valence-corrected chi connectivity index (χ0v) is 19.5. The van der Waals surface area contributed by atoms with Gasteiger partial charge in [0.15, 0.2) is 11.6 Å². The topological polar surface area (TPSA) is 136 Å². The van der Waals surface area contributed by atoms with E-state index < -0.39 is 29.4 Å². The quantitative estimate of drug-likeness (QED) is 0.239. The van der Waals surface area contributed by atoms with E-state index in [9.17, 15) is 23.6 Å². The van der Waals surface area contributed by atoms with Crippen molar-refractivity contribution >= 4 is 28.7 Å². The van der Waals surface area contributed by atoms with E-state index in [4.69, 9.17) is 23.2 Å². The van der Waals surface area contributed by atoms with Gasteiger partial charge in [0, 0.05) is 28.9 Å². The molecule has 2 aromatic carbocycles. The zero-order chi connectivity index (χ0) is 26.1. The summed E-state index contributed by atoms with van der Waals surface area (Å²) in [6.45, 7) is 1.24. The lowest BCUT2D eigenvalue weighted by molar-refractivity contribution is 0.509. The van der Waals surface area contributed by atoms with E-state index in [-0.39, 0.29) is 39.0 Å². The molecule has 182 valence electrons. The van der Waals surface area contributed by atoms with Crippen molar-refractivity contribution in [3.05, 3.63) is 97.9 Å². The SMILES string of the molecule is Cc1cncc(-n2c(=O)c(N(N)c3cc(F)c(F)cc3N)c(-c3cccc(Cl)c3)n(CC#N)c2=O)c1. The van der Waals surface area contributed by atoms with Crippen molar-refractivity contribution in [2.75, 3.05) is 10.7 Å². The Balaban J connectivity index is 2.18. The number of rotatable bonds is 5. The maximum absolute atomic E-state index is 14.1. The molecule has 2 heterocycles. The van der Waals surface area contributed by atoms with Crippen LogP contribution in [0.3, 0.4) is 0 Å². The van der Waals surface area contributed by atoms with Gasteiger partial charge in [-0.05, 0) is 30.7 Å². The number of nitriles is 1. The van der Waals surface area contributed by atoms with Crippen LogP contribution >= 0.6 is 11.6 Å². The van der Waals surface area contributed by atoms with Gasteiger partial charge in [0.25, 0.3) is 5.56 Å². The van der Waals surface area contributed by atoms with Crippen LogP contribution in [0.5, 0.6) is 0 Å². The van der Waals surface area contributed by atoms with E-state index in [1.165, 1.54) is 18.5 Å². The molecule has 0 saturated heterocycles. The van der Waals surface area contributed by atoms with Crippen LogP contribution in [0.1, 0.15) is 5.56 Å². The lowest BCUT2D eigenvalue weighted by Crippen LogP contribution is -2.44. The van der Waals surface area contributed by atoms with Crippen molar-refractivity contribution in [1.29, 1.82) is 5.26 Å². The molecule has 0 aliphatic rings. The normalized spacial score (nSPS) is 10.8. The van der Waals surface area contributed by atoms with E-state index in [1.807, 2.05) is 6.07 Å². The Morgan fingerprint density at radius 2 is 1.86 bits per heavy atom. The predicted octanol–water partition coefficient (Wildman–Crippen LogP) is 3.42. The highest BCUT2D eigenvalue weighted by molar-refractivity contribution is 6.30. The van der Waals surface area contributed by atoms with Gasteiger partial charge in [-0.3, -0.25) is 19.4 Å². The van der Waals surface area contributed by atoms with Crippen molar-refractivity contribution in [2.45, 2.75) is 13.5 Å². The minimum Gasteiger partial charge on any atom is -0.397 e. The molecule has 4 N–H and O–H groups in total. The number of benzene rings is 2. The molecule has 0 radical (unpaired) electrons. The Morgan fingerprint density at radius 1 is 1.14 bits per heavy atom. The number of pyridine rings is 1. The predicted molar refractivity (Wildman–Crippen MR) is 132 cm³/mol. The van der Waals surface area contributed by atoms with Crippen molar-refractivity contribution in [3.8, 4) is 23.0 Å². The van der Waals surface area contributed by atoms with Crippen molar-refractivity contribution in [3.63, 3.8) is 0 Å². The number of hydrazine groups is 1. The summed E-state index contributed by atoms with van der Waals surface area (Å²) >= 11 is 6.16. The molecule has 0 bridgehead atoms. The van der Waals surface area contributed by atoms with Crippen molar-refractivity contribution in [1.82, 2.24) is 14.1 Å². The lowest BCUT2D eigenvalue weighted by atomic mass is 10.1. The fraction of sp³-hybridized carbons (Fsp3) is 0.0833. The number of hydrogen-bond acceptors (Lipinski definition) is 7. The first-order chi connectivity index (χ1) is 17.1. The van der Waals surface area contributed by atoms with Gasteiger partial charge in [-0.2, -0.15) is 5.26 Å². The van der Waals surface area contributed by atoms with Gasteiger partial charge < -0.3 is 5.73 Å². The van der Waals surface area contributed by atoms with E-state index in [0.717, 1.165) is 26.3 Å². The highest BCUT2D eigenvalue weighted by Gasteiger charge is 2.27. The first kappa shape index (κ1) is 24.6. The molecule has 36 heavy (non-hydrogen) atoms. The number of aryl methyl sites for hydroxylation is 1. The Bertz CT molecular complexity index is 1660. The van der Waals surface area contributed by atoms with Crippen LogP contribution in [0.4, 0.5) is 25.8 Å². The monoisotopic (exact) mass is 509 g/mol. The standard InChI is InChI=1S/C24H18ClF2N7O2/c1-13-7-16(12-31-11-13)33-23(35)22(34(30)20-10-18(27)17(26)9-19(20)29)21(32(6-5-28)24(33)36)14-3-2-4-15(25)8-14/h2-4,7-12H,6,29-30H2,1H3. The molecule has 0 fully saturated rings. The van der Waals surface area contributed by atoms with E-state index in [2.05, 4.69) is 4.98 Å². The number of hydrogen-bond donors (Lipinski definition) is 2. The Hall–Kier alpha value is -4.53. The number of halogens is 3. The first-order valence-corrected chi connectivity index (χ1v) is 10.8. The summed E-state index contributed by atoms with van der Waals surface area (Å²) in [5.41, 5.74) is 4.25. The second-order valence-electron chi connectivity index (χ2n) is 7.79. The Kier molecular flexibility index (Phi) is 6.57. The van der Waals surface area contributed by atoms with Crippen LogP contribution in [-0.4, -0.2) is 14.1 Å². The summed E-state index contributed by atoms with van der Waals surface area (Å²) < 4.78 is 29.7. The van der Waals surface area contributed by atoms with Crippen LogP contribution in [0.25, 0.3) is 16.9 Å². The summed E-state index contributed by atoms with van der Waals surface area (Å²) in [5, 5.41) is 10.5. The zero-order valence-electron chi connectivity index (χ0n) is 18.7. The smallest absolute Gasteiger partial charge is 0.337 e. The van der Waals surface area contributed by atoms with Gasteiger partial charge in [0.2, 0.25) is 0 Å². The average Bonchev–Trinajstić information content (AvgIpc) is 2.82. The third-order valence-corrected chi connectivity index (χ3v) is 5.57. The van der Waals surface area contributed by atoms with E-state index >= 15 is 0 Å². The molecule has 0 aliphatic carbocycles. The maximum atomic E-state index is 14.1. The number of anilines is 3. The second kappa shape index (κ2) is 9.61. The van der Waals surface area contributed by atoms with Gasteiger partial charge >= 0.3 is 5.69 Å². The van der Waals surface area contributed by atoms with E-state index in [1.54, 1.807) is 31.2 Å². The molecule has 0 atom stereocenters. The molecule has 4 aromatic rings. The van der Waals surface area contributed by atoms with Gasteiger partial charge in [-0.15, -0.1) is 0 Å². The molecule has 2 aromatic heterocycles. The highest BCUT2D eigenvalue weighted by Crippen LogP contribution is 2.34. The van der Waals surface area contributed by atoms with Crippen LogP contribution < -0.4 is 27.8 Å². The molecule has 0 saturated carbocycles. The number of aromatic nitrogens is 3. The largest absolute Gasteiger partial charge is 0.397 e. The number of nitrogen functional groups attached to an aromatic ring is 1. The lowest BCUT2D eigenvalue weighted by Gasteiger charge is -2.26. The fourth-order valence-corrected chi connectivity index (χ4v) is 3.96. The number of nitrogens with two attached hydrogens (primary N) is 2. The van der Waals surface area contributed by atoms with Crippen molar-refractivity contribution < 1.29 is 8.78 Å². The summed E-state index contributed by atoms with van der Waals surface area (Å²) in [6.07, 6.45) is 2.82. The van der Waals surface area contributed by atoms with Gasteiger partial charge in [0.05, 0.1) is 35.0 Å². The molecule has 0 aliphatic heterocycles. The van der Waals surface area contributed by atoms with Crippen molar-refractivity contribution in [2.24, 2.45) is 5.84 Å². The van der Waals surface area contributed by atoms with Gasteiger partial charge in [-0.1, -0.05) is 23.7 Å². The third kappa shape index (κ3) is 4.31. The molecule has 9 nitrogen and oxygen atoms in total. The molecule has 0 unspecified atom stereocenters. The van der Waals surface area contributed by atoms with Crippen LogP contribution in [-0.2, 0) is 6.54 Å². The second-order valence-corrected chi connectivity index (χ2v) is 8.23. The summed E-state index contributed by atoms with van der Waals surface area (Å²) in [4.78, 5) is 31.5. The molecule has 12 heteroatoms. The summed E-state index contributed by atoms with van der Waals surface area (Å²) in [7, 11) is 0. The fourth-order valence-electron chi connectivity index (χ4n) is 3.77. The third-order valence-electron chi connectivity index (χ3n) is 5.34. The first-order valence-electron chi connectivity index (χ1n) is 10.4. The molecule has 4 rings (SSSR count). The maximum Gasteiger partial charge on any atom is 0.337 e. The average molecular weight is 510 g/mol. The molecule has 0 spiro atoms. The minimum atomic E-state index is -1.26. The van der Waals surface area contributed by atoms with Crippen LogP contribution in [0, 0.1) is 29.9 Å². The summed E-state index contributed by atoms with van der Waals surface area (Å²) in [5.74, 6) is 3.84. The summed E-state index contributed by atoms with van der Waals surface area (Å²) in [6, 6.07) is 11.1. The van der Waals surface area contributed by atoms with E-state index in [0.29, 0.717) is 5.56 Å². The minimum absolute atomic E-state index is 0.0717. The van der Waals surface area contributed by atoms with Crippen LogP contribution in [0.15, 0.2) is 64.4 Å². The molecule has 0 amide bonds.